The number of carbonyl (C=O) groups is 3. The molecule has 2 amide bonds. The SMILES string of the molecule is COCC(=O)O[C@@H]1CC2(NC(=O)COc3ccc(Cl)c(F)c3)CCC1(NC(=O)COc1ccc(Cl)c(F)c1)CC2. The number of hydrogen-bond acceptors (Lipinski definition) is 7. The Hall–Kier alpha value is -3.15. The van der Waals surface area contributed by atoms with Gasteiger partial charge in [0.25, 0.3) is 11.8 Å². The van der Waals surface area contributed by atoms with E-state index < -0.39 is 53.2 Å². The highest BCUT2D eigenvalue weighted by Gasteiger charge is 2.57. The van der Waals surface area contributed by atoms with Crippen LogP contribution < -0.4 is 20.1 Å². The molecule has 5 rings (SSSR count). The van der Waals surface area contributed by atoms with E-state index in [9.17, 15) is 23.2 Å². The number of carbonyl (C=O) groups excluding carboxylic acids is 3. The summed E-state index contributed by atoms with van der Waals surface area (Å²) in [6.07, 6.45) is 1.28. The molecule has 0 aromatic heterocycles. The quantitative estimate of drug-likeness (QED) is 0.375. The maximum Gasteiger partial charge on any atom is 0.332 e. The van der Waals surface area contributed by atoms with E-state index in [-0.39, 0.29) is 41.2 Å². The first kappa shape index (κ1) is 29.8. The van der Waals surface area contributed by atoms with Gasteiger partial charge in [-0.15, -0.1) is 0 Å². The van der Waals surface area contributed by atoms with Gasteiger partial charge in [0.1, 0.15) is 35.8 Å². The fraction of sp³-hybridized carbons (Fsp3) is 0.444. The largest absolute Gasteiger partial charge is 0.484 e. The molecule has 13 heteroatoms. The minimum atomic E-state index is -0.890. The molecule has 2 bridgehead atoms. The number of rotatable bonds is 11. The van der Waals surface area contributed by atoms with Crippen molar-refractivity contribution in [2.45, 2.75) is 49.3 Å². The number of esters is 1. The van der Waals surface area contributed by atoms with Gasteiger partial charge in [-0.2, -0.15) is 0 Å². The number of nitrogens with one attached hydrogen (secondary N) is 2. The standard InChI is InChI=1S/C27H28Cl2F2N2O7/c1-37-15-25(36)40-22-12-26(32-23(34)13-38-16-2-4-18(28)20(30)10-16)6-8-27(22,9-7-26)33-24(35)14-39-17-3-5-19(29)21(31)11-17/h2-5,10-11,22H,6-9,12-15H2,1H3,(H,32,34)(H,33,35)/t22-,26?,27?/m1/s1. The van der Waals surface area contributed by atoms with Crippen LogP contribution in [0.5, 0.6) is 11.5 Å². The summed E-state index contributed by atoms with van der Waals surface area (Å²) in [4.78, 5) is 38.0. The maximum atomic E-state index is 13.7. The molecule has 40 heavy (non-hydrogen) atoms. The lowest BCUT2D eigenvalue weighted by atomic mass is 9.59. The van der Waals surface area contributed by atoms with E-state index in [4.69, 9.17) is 42.1 Å². The van der Waals surface area contributed by atoms with Crippen molar-refractivity contribution >= 4 is 41.0 Å². The molecule has 3 aliphatic rings. The van der Waals surface area contributed by atoms with Crippen molar-refractivity contribution in [3.05, 3.63) is 58.1 Å². The van der Waals surface area contributed by atoms with E-state index in [1.807, 2.05) is 0 Å². The van der Waals surface area contributed by atoms with E-state index in [0.29, 0.717) is 25.7 Å². The molecular weight excluding hydrogens is 573 g/mol. The lowest BCUT2D eigenvalue weighted by molar-refractivity contribution is -0.170. The minimum absolute atomic E-state index is 0.0600. The summed E-state index contributed by atoms with van der Waals surface area (Å²) in [5.74, 6) is -2.58. The zero-order valence-electron chi connectivity index (χ0n) is 21.6. The van der Waals surface area contributed by atoms with Gasteiger partial charge < -0.3 is 29.6 Å². The molecule has 216 valence electrons. The van der Waals surface area contributed by atoms with Gasteiger partial charge in [-0.1, -0.05) is 23.2 Å². The van der Waals surface area contributed by atoms with Crippen LogP contribution in [0.3, 0.4) is 0 Å². The topological polar surface area (TPSA) is 112 Å². The lowest BCUT2D eigenvalue weighted by Gasteiger charge is -2.57. The summed E-state index contributed by atoms with van der Waals surface area (Å²) in [6.45, 7) is -1.04. The van der Waals surface area contributed by atoms with E-state index in [1.54, 1.807) is 0 Å². The Morgan fingerprint density at radius 3 is 1.88 bits per heavy atom. The summed E-state index contributed by atoms with van der Waals surface area (Å²) < 4.78 is 48.8. The smallest absolute Gasteiger partial charge is 0.332 e. The molecule has 2 aromatic carbocycles. The van der Waals surface area contributed by atoms with Gasteiger partial charge in [0.2, 0.25) is 0 Å². The van der Waals surface area contributed by atoms with Crippen molar-refractivity contribution in [2.24, 2.45) is 0 Å². The molecule has 0 unspecified atom stereocenters. The lowest BCUT2D eigenvalue weighted by Crippen LogP contribution is -2.71. The summed E-state index contributed by atoms with van der Waals surface area (Å²) in [5.41, 5.74) is -1.59. The Kier molecular flexibility index (Phi) is 9.37. The molecule has 3 saturated carbocycles. The van der Waals surface area contributed by atoms with Crippen molar-refractivity contribution in [1.82, 2.24) is 10.6 Å². The van der Waals surface area contributed by atoms with Gasteiger partial charge in [-0.05, 0) is 49.9 Å². The van der Waals surface area contributed by atoms with E-state index in [0.717, 1.165) is 12.1 Å². The van der Waals surface area contributed by atoms with Gasteiger partial charge >= 0.3 is 5.97 Å². The van der Waals surface area contributed by atoms with Crippen LogP contribution in [0.4, 0.5) is 8.78 Å². The van der Waals surface area contributed by atoms with Crippen LogP contribution in [0, 0.1) is 11.6 Å². The second-order valence-corrected chi connectivity index (χ2v) is 10.7. The molecule has 0 spiro atoms. The van der Waals surface area contributed by atoms with Crippen LogP contribution >= 0.6 is 23.2 Å². The second kappa shape index (κ2) is 12.6. The molecule has 2 aromatic rings. The van der Waals surface area contributed by atoms with Crippen LogP contribution in [-0.2, 0) is 23.9 Å². The Morgan fingerprint density at radius 2 is 1.38 bits per heavy atom. The summed E-state index contributed by atoms with van der Waals surface area (Å²) in [7, 11) is 1.36. The fourth-order valence-electron chi connectivity index (χ4n) is 5.17. The van der Waals surface area contributed by atoms with E-state index >= 15 is 0 Å². The first-order valence-electron chi connectivity index (χ1n) is 12.5. The van der Waals surface area contributed by atoms with Crippen LogP contribution in [0.15, 0.2) is 36.4 Å². The molecule has 0 saturated heterocycles. The number of benzene rings is 2. The normalized spacial score (nSPS) is 23.3. The maximum absolute atomic E-state index is 13.7. The predicted octanol–water partition coefficient (Wildman–Crippen LogP) is 3.98. The van der Waals surface area contributed by atoms with Crippen molar-refractivity contribution in [3.8, 4) is 11.5 Å². The predicted molar refractivity (Wildman–Crippen MR) is 140 cm³/mol. The molecule has 0 aliphatic heterocycles. The van der Waals surface area contributed by atoms with Crippen LogP contribution in [-0.4, -0.2) is 61.9 Å². The monoisotopic (exact) mass is 600 g/mol. The highest BCUT2D eigenvalue weighted by molar-refractivity contribution is 6.31. The zero-order valence-corrected chi connectivity index (χ0v) is 23.1. The summed E-state index contributed by atoms with van der Waals surface area (Å²) in [5, 5.41) is 5.82. The first-order chi connectivity index (χ1) is 19.0. The number of hydrogen-bond donors (Lipinski definition) is 2. The third kappa shape index (κ3) is 7.13. The number of amides is 2. The summed E-state index contributed by atoms with van der Waals surface area (Å²) in [6, 6.07) is 7.71. The number of fused-ring (bicyclic) bond motifs is 3. The molecular formula is C27H28Cl2F2N2O7. The van der Waals surface area contributed by atoms with Gasteiger partial charge in [0.15, 0.2) is 13.2 Å². The van der Waals surface area contributed by atoms with Gasteiger partial charge in [0, 0.05) is 31.2 Å². The second-order valence-electron chi connectivity index (χ2n) is 9.88. The molecule has 3 fully saturated rings. The van der Waals surface area contributed by atoms with Gasteiger partial charge in [0.05, 0.1) is 15.6 Å². The molecule has 1 atom stereocenters. The van der Waals surface area contributed by atoms with Gasteiger partial charge in [-0.3, -0.25) is 9.59 Å². The molecule has 3 aliphatic carbocycles. The van der Waals surface area contributed by atoms with Crippen molar-refractivity contribution < 1.29 is 42.1 Å². The third-order valence-electron chi connectivity index (χ3n) is 7.14. The number of methoxy groups -OCH3 is 1. The Balaban J connectivity index is 1.39. The number of ether oxygens (including phenoxy) is 4. The fourth-order valence-corrected chi connectivity index (χ4v) is 5.41. The minimum Gasteiger partial charge on any atom is -0.484 e. The number of halogens is 4. The third-order valence-corrected chi connectivity index (χ3v) is 7.76. The van der Waals surface area contributed by atoms with Crippen LogP contribution in [0.1, 0.15) is 32.1 Å². The molecule has 0 radical (unpaired) electrons. The Bertz CT molecular complexity index is 1270. The van der Waals surface area contributed by atoms with Crippen molar-refractivity contribution in [2.75, 3.05) is 26.9 Å². The van der Waals surface area contributed by atoms with E-state index in [2.05, 4.69) is 10.6 Å². The molecule has 9 nitrogen and oxygen atoms in total. The average molecular weight is 601 g/mol. The average Bonchev–Trinajstić information content (AvgIpc) is 2.91. The highest BCUT2D eigenvalue weighted by atomic mass is 35.5. The van der Waals surface area contributed by atoms with Crippen LogP contribution in [0.2, 0.25) is 10.0 Å². The van der Waals surface area contributed by atoms with Crippen molar-refractivity contribution in [3.63, 3.8) is 0 Å². The zero-order chi connectivity index (χ0) is 28.9. The molecule has 0 heterocycles. The van der Waals surface area contributed by atoms with Gasteiger partial charge in [-0.25, -0.2) is 13.6 Å². The summed E-state index contributed by atoms with van der Waals surface area (Å²) >= 11 is 11.4. The van der Waals surface area contributed by atoms with Crippen molar-refractivity contribution in [1.29, 1.82) is 0 Å². The molecule has 2 N–H and O–H groups in total. The van der Waals surface area contributed by atoms with E-state index in [1.165, 1.54) is 31.4 Å². The Morgan fingerprint density at radius 1 is 0.850 bits per heavy atom. The highest BCUT2D eigenvalue weighted by Crippen LogP contribution is 2.48. The Labute approximate surface area is 239 Å². The first-order valence-corrected chi connectivity index (χ1v) is 13.2. The van der Waals surface area contributed by atoms with Crippen LogP contribution in [0.25, 0.3) is 0 Å².